The lowest BCUT2D eigenvalue weighted by atomic mass is 10.1. The number of aryl methyl sites for hydroxylation is 2. The van der Waals surface area contributed by atoms with Crippen molar-refractivity contribution in [3.8, 4) is 11.3 Å². The van der Waals surface area contributed by atoms with Gasteiger partial charge in [0.1, 0.15) is 6.54 Å². The van der Waals surface area contributed by atoms with Gasteiger partial charge in [0.2, 0.25) is 5.91 Å². The second-order valence-corrected chi connectivity index (χ2v) is 7.23. The first-order valence-electron chi connectivity index (χ1n) is 9.39. The molecule has 0 bridgehead atoms. The molecule has 0 aliphatic carbocycles. The molecule has 0 saturated heterocycles. The predicted molar refractivity (Wildman–Crippen MR) is 112 cm³/mol. The average Bonchev–Trinajstić information content (AvgIpc) is 2.67. The third-order valence-corrected chi connectivity index (χ3v) is 4.63. The van der Waals surface area contributed by atoms with Gasteiger partial charge in [0.05, 0.1) is 5.69 Å². The van der Waals surface area contributed by atoms with Gasteiger partial charge in [-0.2, -0.15) is 5.10 Å². The van der Waals surface area contributed by atoms with Crippen LogP contribution in [-0.2, 0) is 11.3 Å². The maximum Gasteiger partial charge on any atom is 0.267 e. The van der Waals surface area contributed by atoms with Crippen LogP contribution in [0.15, 0.2) is 65.5 Å². The van der Waals surface area contributed by atoms with Crippen molar-refractivity contribution in [2.75, 3.05) is 4.90 Å². The third-order valence-electron chi connectivity index (χ3n) is 4.63. The molecular weight excluding hydrogens is 350 g/mol. The summed E-state index contributed by atoms with van der Waals surface area (Å²) in [5.74, 6) is -0.163. The number of hydrogen-bond donors (Lipinski definition) is 0. The van der Waals surface area contributed by atoms with E-state index >= 15 is 0 Å². The lowest BCUT2D eigenvalue weighted by Gasteiger charge is -2.29. The molecule has 2 aromatic carbocycles. The minimum atomic E-state index is -0.294. The molecule has 3 aromatic rings. The van der Waals surface area contributed by atoms with Gasteiger partial charge in [0, 0.05) is 23.4 Å². The summed E-state index contributed by atoms with van der Waals surface area (Å²) in [5, 5.41) is 4.41. The molecule has 1 amide bonds. The summed E-state index contributed by atoms with van der Waals surface area (Å²) in [6.45, 7) is 7.82. The Kier molecular flexibility index (Phi) is 5.73. The zero-order valence-corrected chi connectivity index (χ0v) is 16.7. The maximum atomic E-state index is 13.1. The van der Waals surface area contributed by atoms with Crippen molar-refractivity contribution in [1.82, 2.24) is 9.78 Å². The standard InChI is InChI=1S/C23H25N3O2/c1-16(2)26(21-14-17(3)10-11-18(21)4)23(28)15-25-22(27)13-12-20(24-25)19-8-6-5-7-9-19/h5-14,16H,15H2,1-4H3. The normalized spacial score (nSPS) is 10.9. The second kappa shape index (κ2) is 8.21. The molecule has 1 heterocycles. The van der Waals surface area contributed by atoms with Gasteiger partial charge in [-0.1, -0.05) is 42.5 Å². The van der Waals surface area contributed by atoms with Crippen LogP contribution in [0.2, 0.25) is 0 Å². The van der Waals surface area contributed by atoms with Crippen LogP contribution >= 0.6 is 0 Å². The van der Waals surface area contributed by atoms with E-state index in [4.69, 9.17) is 0 Å². The molecule has 0 unspecified atom stereocenters. The number of hydrogen-bond acceptors (Lipinski definition) is 3. The van der Waals surface area contributed by atoms with Crippen molar-refractivity contribution >= 4 is 11.6 Å². The highest BCUT2D eigenvalue weighted by atomic mass is 16.2. The number of anilines is 1. The zero-order chi connectivity index (χ0) is 20.3. The van der Waals surface area contributed by atoms with E-state index in [1.165, 1.54) is 10.7 Å². The SMILES string of the molecule is Cc1ccc(C)c(N(C(=O)Cn2nc(-c3ccccc3)ccc2=O)C(C)C)c1. The molecular formula is C23H25N3O2. The van der Waals surface area contributed by atoms with E-state index < -0.39 is 0 Å². The van der Waals surface area contributed by atoms with Crippen molar-refractivity contribution in [2.24, 2.45) is 0 Å². The lowest BCUT2D eigenvalue weighted by molar-refractivity contribution is -0.119. The van der Waals surface area contributed by atoms with E-state index in [9.17, 15) is 9.59 Å². The summed E-state index contributed by atoms with van der Waals surface area (Å²) in [6, 6.07) is 18.7. The van der Waals surface area contributed by atoms with Gasteiger partial charge >= 0.3 is 0 Å². The van der Waals surface area contributed by atoms with Crippen LogP contribution in [0.5, 0.6) is 0 Å². The summed E-state index contributed by atoms with van der Waals surface area (Å²) in [4.78, 5) is 27.2. The van der Waals surface area contributed by atoms with E-state index in [0.717, 1.165) is 22.4 Å². The Morgan fingerprint density at radius 1 is 1.04 bits per heavy atom. The molecule has 0 atom stereocenters. The highest BCUT2D eigenvalue weighted by molar-refractivity contribution is 5.94. The summed E-state index contributed by atoms with van der Waals surface area (Å²) in [7, 11) is 0. The quantitative estimate of drug-likeness (QED) is 0.678. The molecule has 0 fully saturated rings. The van der Waals surface area contributed by atoms with Crippen LogP contribution < -0.4 is 10.5 Å². The first kappa shape index (κ1) is 19.5. The van der Waals surface area contributed by atoms with Crippen molar-refractivity contribution in [3.63, 3.8) is 0 Å². The first-order chi connectivity index (χ1) is 13.4. The summed E-state index contributed by atoms with van der Waals surface area (Å²) in [5.41, 5.74) is 4.24. The molecule has 5 heteroatoms. The molecule has 0 saturated carbocycles. The van der Waals surface area contributed by atoms with E-state index in [1.54, 1.807) is 11.0 Å². The molecule has 28 heavy (non-hydrogen) atoms. The fraction of sp³-hybridized carbons (Fsp3) is 0.261. The fourth-order valence-electron chi connectivity index (χ4n) is 3.21. The number of rotatable bonds is 5. The van der Waals surface area contributed by atoms with Crippen LogP contribution in [-0.4, -0.2) is 21.7 Å². The first-order valence-corrected chi connectivity index (χ1v) is 9.39. The largest absolute Gasteiger partial charge is 0.308 e. The maximum absolute atomic E-state index is 13.1. The number of benzene rings is 2. The highest BCUT2D eigenvalue weighted by Crippen LogP contribution is 2.24. The molecule has 5 nitrogen and oxygen atoms in total. The number of carbonyl (C=O) groups excluding carboxylic acids is 1. The molecule has 3 rings (SSSR count). The Labute approximate surface area is 165 Å². The number of amides is 1. The Balaban J connectivity index is 1.94. The Bertz CT molecular complexity index is 1040. The van der Waals surface area contributed by atoms with Gasteiger partial charge in [0.15, 0.2) is 0 Å². The third kappa shape index (κ3) is 4.19. The molecule has 1 aromatic heterocycles. The van der Waals surface area contributed by atoms with Crippen LogP contribution in [0.1, 0.15) is 25.0 Å². The second-order valence-electron chi connectivity index (χ2n) is 7.23. The molecule has 0 radical (unpaired) electrons. The number of carbonyl (C=O) groups is 1. The van der Waals surface area contributed by atoms with E-state index in [2.05, 4.69) is 5.10 Å². The Hall–Kier alpha value is -3.21. The number of aromatic nitrogens is 2. The highest BCUT2D eigenvalue weighted by Gasteiger charge is 2.22. The fourth-order valence-corrected chi connectivity index (χ4v) is 3.21. The molecule has 144 valence electrons. The predicted octanol–water partition coefficient (Wildman–Crippen LogP) is 3.97. The van der Waals surface area contributed by atoms with Crippen LogP contribution in [0.3, 0.4) is 0 Å². The van der Waals surface area contributed by atoms with E-state index in [1.807, 2.05) is 76.2 Å². The minimum Gasteiger partial charge on any atom is -0.308 e. The average molecular weight is 375 g/mol. The van der Waals surface area contributed by atoms with Gasteiger partial charge in [0.25, 0.3) is 5.56 Å². The summed E-state index contributed by atoms with van der Waals surface area (Å²) < 4.78 is 1.24. The van der Waals surface area contributed by atoms with Crippen LogP contribution in [0, 0.1) is 13.8 Å². The van der Waals surface area contributed by atoms with E-state index in [-0.39, 0.29) is 24.1 Å². The van der Waals surface area contributed by atoms with Crippen molar-refractivity contribution in [2.45, 2.75) is 40.3 Å². The summed E-state index contributed by atoms with van der Waals surface area (Å²) in [6.07, 6.45) is 0. The van der Waals surface area contributed by atoms with E-state index in [0.29, 0.717) is 5.69 Å². The van der Waals surface area contributed by atoms with Crippen molar-refractivity contribution < 1.29 is 4.79 Å². The van der Waals surface area contributed by atoms with Gasteiger partial charge in [-0.25, -0.2) is 4.68 Å². The smallest absolute Gasteiger partial charge is 0.267 e. The monoisotopic (exact) mass is 375 g/mol. The van der Waals surface area contributed by atoms with Gasteiger partial charge in [-0.3, -0.25) is 9.59 Å². The lowest BCUT2D eigenvalue weighted by Crippen LogP contribution is -2.41. The van der Waals surface area contributed by atoms with Crippen LogP contribution in [0.25, 0.3) is 11.3 Å². The van der Waals surface area contributed by atoms with Gasteiger partial charge in [-0.15, -0.1) is 0 Å². The topological polar surface area (TPSA) is 55.2 Å². The molecule has 0 N–H and O–H groups in total. The molecule has 0 aliphatic heterocycles. The Morgan fingerprint density at radius 3 is 2.43 bits per heavy atom. The zero-order valence-electron chi connectivity index (χ0n) is 16.7. The summed E-state index contributed by atoms with van der Waals surface area (Å²) >= 11 is 0. The van der Waals surface area contributed by atoms with Crippen molar-refractivity contribution in [1.29, 1.82) is 0 Å². The minimum absolute atomic E-state index is 0.0407. The molecule has 0 spiro atoms. The van der Waals surface area contributed by atoms with Crippen LogP contribution in [0.4, 0.5) is 5.69 Å². The van der Waals surface area contributed by atoms with Gasteiger partial charge < -0.3 is 4.90 Å². The van der Waals surface area contributed by atoms with Crippen molar-refractivity contribution in [3.05, 3.63) is 82.1 Å². The Morgan fingerprint density at radius 2 is 1.75 bits per heavy atom. The number of nitrogens with zero attached hydrogens (tertiary/aromatic N) is 3. The molecule has 0 aliphatic rings. The van der Waals surface area contributed by atoms with Gasteiger partial charge in [-0.05, 0) is 51.0 Å².